The number of methoxy groups -OCH3 is 2. The molecule has 0 aromatic carbocycles. The smallest absolute Gasteiger partial charge is 0.222 e. The predicted molar refractivity (Wildman–Crippen MR) is 69.9 cm³/mol. The number of ether oxygens (including phenoxy) is 2. The second kappa shape index (κ2) is 5.48. The summed E-state index contributed by atoms with van der Waals surface area (Å²) in [7, 11) is 3.17. The lowest BCUT2D eigenvalue weighted by atomic mass is 10.0. The summed E-state index contributed by atoms with van der Waals surface area (Å²) in [5, 5.41) is 2.07. The molecule has 0 fully saturated rings. The number of aromatic nitrogens is 2. The van der Waals surface area contributed by atoms with Crippen LogP contribution in [-0.2, 0) is 4.74 Å². The Morgan fingerprint density at radius 2 is 2.06 bits per heavy atom. The molecule has 0 saturated carbocycles. The number of nitrogens with zero attached hydrogens (tertiary/aromatic N) is 2. The fourth-order valence-electron chi connectivity index (χ4n) is 1.83. The maximum absolute atomic E-state index is 6.04. The van der Waals surface area contributed by atoms with E-state index in [-0.39, 0.29) is 6.04 Å². The molecule has 1 unspecified atom stereocenters. The van der Waals surface area contributed by atoms with Crippen LogP contribution in [-0.4, -0.2) is 30.8 Å². The molecule has 0 radical (unpaired) electrons. The monoisotopic (exact) mass is 267 g/mol. The first-order valence-corrected chi connectivity index (χ1v) is 5.77. The summed E-state index contributed by atoms with van der Waals surface area (Å²) in [6.07, 6.45) is 3.31. The van der Waals surface area contributed by atoms with Gasteiger partial charge in [0.1, 0.15) is 5.15 Å². The van der Waals surface area contributed by atoms with E-state index in [1.54, 1.807) is 32.7 Å². The molecule has 0 amide bonds. The summed E-state index contributed by atoms with van der Waals surface area (Å²) in [4.78, 5) is 8.25. The number of rotatable bonds is 4. The molecular weight excluding hydrogens is 254 g/mol. The van der Waals surface area contributed by atoms with Crippen LogP contribution in [0.25, 0.3) is 10.8 Å². The minimum atomic E-state index is -0.269. The fourth-order valence-corrected chi connectivity index (χ4v) is 1.99. The first-order valence-electron chi connectivity index (χ1n) is 5.40. The van der Waals surface area contributed by atoms with Crippen molar-refractivity contribution in [2.45, 2.75) is 6.04 Å². The number of pyridine rings is 2. The van der Waals surface area contributed by atoms with Crippen molar-refractivity contribution in [1.29, 1.82) is 0 Å². The quantitative estimate of drug-likeness (QED) is 0.857. The van der Waals surface area contributed by atoms with Crippen LogP contribution >= 0.6 is 11.6 Å². The standard InChI is InChI=1S/C12H14ClN3O2/c1-17-6-10(14)8-4-16-12(18-2)9-5-15-11(13)3-7(8)9/h3-5,10H,6,14H2,1-2H3. The minimum Gasteiger partial charge on any atom is -0.481 e. The Morgan fingerprint density at radius 3 is 2.72 bits per heavy atom. The molecule has 5 nitrogen and oxygen atoms in total. The summed E-state index contributed by atoms with van der Waals surface area (Å²) < 4.78 is 10.3. The number of hydrogen-bond acceptors (Lipinski definition) is 5. The van der Waals surface area contributed by atoms with Crippen molar-refractivity contribution in [1.82, 2.24) is 9.97 Å². The van der Waals surface area contributed by atoms with Crippen molar-refractivity contribution in [3.8, 4) is 5.88 Å². The largest absolute Gasteiger partial charge is 0.481 e. The summed E-state index contributed by atoms with van der Waals surface area (Å²) in [6.45, 7) is 0.406. The predicted octanol–water partition coefficient (Wildman–Crippen LogP) is 1.94. The number of hydrogen-bond donors (Lipinski definition) is 1. The molecule has 2 heterocycles. The van der Waals surface area contributed by atoms with Gasteiger partial charge in [-0.1, -0.05) is 11.6 Å². The maximum Gasteiger partial charge on any atom is 0.222 e. The van der Waals surface area contributed by atoms with Gasteiger partial charge < -0.3 is 15.2 Å². The summed E-state index contributed by atoms with van der Waals surface area (Å²) in [6, 6.07) is 1.49. The molecule has 2 N–H and O–H groups in total. The highest BCUT2D eigenvalue weighted by Crippen LogP contribution is 2.29. The Morgan fingerprint density at radius 1 is 1.28 bits per heavy atom. The molecule has 6 heteroatoms. The van der Waals surface area contributed by atoms with Crippen molar-refractivity contribution in [2.75, 3.05) is 20.8 Å². The minimum absolute atomic E-state index is 0.269. The Balaban J connectivity index is 2.64. The lowest BCUT2D eigenvalue weighted by Crippen LogP contribution is -2.17. The average Bonchev–Trinajstić information content (AvgIpc) is 2.37. The van der Waals surface area contributed by atoms with E-state index in [9.17, 15) is 0 Å². The van der Waals surface area contributed by atoms with E-state index in [4.69, 9.17) is 26.8 Å². The molecule has 0 aliphatic rings. The van der Waals surface area contributed by atoms with Gasteiger partial charge in [-0.2, -0.15) is 0 Å². The molecule has 1 atom stereocenters. The SMILES string of the molecule is COCC(N)c1cnc(OC)c2cnc(Cl)cc12. The Hall–Kier alpha value is -1.43. The highest BCUT2D eigenvalue weighted by Gasteiger charge is 2.14. The first-order chi connectivity index (χ1) is 8.67. The highest BCUT2D eigenvalue weighted by molar-refractivity contribution is 6.30. The van der Waals surface area contributed by atoms with Crippen LogP contribution in [0.3, 0.4) is 0 Å². The van der Waals surface area contributed by atoms with E-state index in [1.165, 1.54) is 0 Å². The lowest BCUT2D eigenvalue weighted by Gasteiger charge is -2.14. The zero-order valence-corrected chi connectivity index (χ0v) is 10.9. The summed E-state index contributed by atoms with van der Waals surface area (Å²) in [5.74, 6) is 0.502. The molecule has 96 valence electrons. The van der Waals surface area contributed by atoms with Gasteiger partial charge in [-0.05, 0) is 17.0 Å². The van der Waals surface area contributed by atoms with Gasteiger partial charge in [0.05, 0.1) is 25.1 Å². The number of nitrogens with two attached hydrogens (primary N) is 1. The third-order valence-corrected chi connectivity index (χ3v) is 2.88. The van der Waals surface area contributed by atoms with Crippen LogP contribution in [0.15, 0.2) is 18.5 Å². The van der Waals surface area contributed by atoms with E-state index < -0.39 is 0 Å². The summed E-state index contributed by atoms with van der Waals surface area (Å²) >= 11 is 5.92. The van der Waals surface area contributed by atoms with Gasteiger partial charge in [0.25, 0.3) is 0 Å². The van der Waals surface area contributed by atoms with E-state index in [1.807, 2.05) is 0 Å². The second-order valence-electron chi connectivity index (χ2n) is 3.84. The number of halogens is 1. The normalized spacial score (nSPS) is 12.7. The average molecular weight is 268 g/mol. The molecule has 0 aliphatic heterocycles. The van der Waals surface area contributed by atoms with E-state index >= 15 is 0 Å². The van der Waals surface area contributed by atoms with Gasteiger partial charge in [-0.15, -0.1) is 0 Å². The van der Waals surface area contributed by atoms with Gasteiger partial charge in [-0.3, -0.25) is 0 Å². The topological polar surface area (TPSA) is 70.3 Å². The second-order valence-corrected chi connectivity index (χ2v) is 4.22. The Labute approximate surface area is 110 Å². The third-order valence-electron chi connectivity index (χ3n) is 2.67. The van der Waals surface area contributed by atoms with Gasteiger partial charge in [0.15, 0.2) is 0 Å². The van der Waals surface area contributed by atoms with Crippen LogP contribution < -0.4 is 10.5 Å². The zero-order valence-electron chi connectivity index (χ0n) is 10.2. The van der Waals surface area contributed by atoms with Crippen molar-refractivity contribution >= 4 is 22.4 Å². The fraction of sp³-hybridized carbons (Fsp3) is 0.333. The Kier molecular flexibility index (Phi) is 3.96. The van der Waals surface area contributed by atoms with E-state index in [0.29, 0.717) is 17.6 Å². The van der Waals surface area contributed by atoms with Crippen molar-refractivity contribution in [2.24, 2.45) is 5.73 Å². The van der Waals surface area contributed by atoms with Crippen molar-refractivity contribution in [3.63, 3.8) is 0 Å². The van der Waals surface area contributed by atoms with Gasteiger partial charge >= 0.3 is 0 Å². The Bertz CT molecular complexity index is 562. The van der Waals surface area contributed by atoms with Gasteiger partial charge in [0.2, 0.25) is 5.88 Å². The first kappa shape index (κ1) is 13.0. The molecular formula is C12H14ClN3O2. The zero-order chi connectivity index (χ0) is 13.1. The third kappa shape index (κ3) is 2.38. The van der Waals surface area contributed by atoms with E-state index in [0.717, 1.165) is 16.3 Å². The lowest BCUT2D eigenvalue weighted by molar-refractivity contribution is 0.181. The van der Waals surface area contributed by atoms with Crippen LogP contribution in [0.1, 0.15) is 11.6 Å². The van der Waals surface area contributed by atoms with Crippen molar-refractivity contribution < 1.29 is 9.47 Å². The van der Waals surface area contributed by atoms with Gasteiger partial charge in [0, 0.05) is 19.5 Å². The number of fused-ring (bicyclic) bond motifs is 1. The maximum atomic E-state index is 6.04. The van der Waals surface area contributed by atoms with Crippen LogP contribution in [0, 0.1) is 0 Å². The molecule has 18 heavy (non-hydrogen) atoms. The van der Waals surface area contributed by atoms with Crippen LogP contribution in [0.5, 0.6) is 5.88 Å². The molecule has 2 aromatic rings. The van der Waals surface area contributed by atoms with Crippen LogP contribution in [0.4, 0.5) is 0 Å². The molecule has 2 rings (SSSR count). The molecule has 0 spiro atoms. The molecule has 0 aliphatic carbocycles. The molecule has 0 bridgehead atoms. The van der Waals surface area contributed by atoms with Crippen molar-refractivity contribution in [3.05, 3.63) is 29.2 Å². The van der Waals surface area contributed by atoms with Crippen LogP contribution in [0.2, 0.25) is 5.15 Å². The molecule has 2 aromatic heterocycles. The highest BCUT2D eigenvalue weighted by atomic mass is 35.5. The molecule has 0 saturated heterocycles. The van der Waals surface area contributed by atoms with E-state index in [2.05, 4.69) is 9.97 Å². The van der Waals surface area contributed by atoms with Gasteiger partial charge in [-0.25, -0.2) is 9.97 Å². The summed E-state index contributed by atoms with van der Waals surface area (Å²) in [5.41, 5.74) is 6.90.